The second-order valence-electron chi connectivity index (χ2n) is 14.7. The lowest BCUT2D eigenvalue weighted by Gasteiger charge is -2.51. The van der Waals surface area contributed by atoms with Crippen molar-refractivity contribution in [1.82, 2.24) is 9.80 Å². The normalized spacial score (nSPS) is 24.7. The highest BCUT2D eigenvalue weighted by Crippen LogP contribution is 2.57. The fourth-order valence-electron chi connectivity index (χ4n) is 8.53. The minimum Gasteiger partial charge on any atom is -0.456 e. The van der Waals surface area contributed by atoms with Crippen molar-refractivity contribution in [2.24, 2.45) is 0 Å². The third kappa shape index (κ3) is 6.28. The van der Waals surface area contributed by atoms with Crippen molar-refractivity contribution in [3.05, 3.63) is 135 Å². The SMILES string of the molecule is CC1=CCC(N(C)Cc2ccc3c(c2)Oc2cc(N(C)C4=CCC(Cl)CC4)ccc2C3(C2=C(C)CCC=C2)N(C)C2=CCCC=C2C)C=C1. The summed E-state index contributed by atoms with van der Waals surface area (Å²) in [5.74, 6) is 1.87. The monoisotopic (exact) mass is 673 g/mol. The minimum atomic E-state index is -0.561. The van der Waals surface area contributed by atoms with Gasteiger partial charge < -0.3 is 14.5 Å². The average molecular weight is 674 g/mol. The van der Waals surface area contributed by atoms with Crippen molar-refractivity contribution in [1.29, 1.82) is 0 Å². The molecule has 0 radical (unpaired) electrons. The Morgan fingerprint density at radius 1 is 0.837 bits per heavy atom. The Kier molecular flexibility index (Phi) is 9.56. The van der Waals surface area contributed by atoms with Gasteiger partial charge in [0, 0.05) is 66.3 Å². The third-order valence-corrected chi connectivity index (χ3v) is 11.9. The van der Waals surface area contributed by atoms with Gasteiger partial charge in [0.1, 0.15) is 17.0 Å². The number of anilines is 1. The Morgan fingerprint density at radius 3 is 2.33 bits per heavy atom. The summed E-state index contributed by atoms with van der Waals surface area (Å²) in [5, 5.41) is 0.228. The molecule has 5 heteroatoms. The van der Waals surface area contributed by atoms with Crippen LogP contribution < -0.4 is 9.64 Å². The largest absolute Gasteiger partial charge is 0.456 e. The van der Waals surface area contributed by atoms with Gasteiger partial charge in [-0.2, -0.15) is 0 Å². The molecule has 0 aromatic heterocycles. The lowest BCUT2D eigenvalue weighted by Crippen LogP contribution is -2.48. The fraction of sp³-hybridized carbons (Fsp3) is 0.409. The molecule has 49 heavy (non-hydrogen) atoms. The molecule has 256 valence electrons. The molecule has 0 amide bonds. The van der Waals surface area contributed by atoms with E-state index in [1.807, 2.05) is 0 Å². The van der Waals surface area contributed by atoms with Crippen LogP contribution in [0, 0.1) is 0 Å². The van der Waals surface area contributed by atoms with Crippen LogP contribution in [0.3, 0.4) is 0 Å². The van der Waals surface area contributed by atoms with Crippen molar-refractivity contribution < 1.29 is 4.74 Å². The van der Waals surface area contributed by atoms with Crippen molar-refractivity contribution in [2.75, 3.05) is 26.0 Å². The first-order chi connectivity index (χ1) is 23.7. The average Bonchev–Trinajstić information content (AvgIpc) is 3.11. The van der Waals surface area contributed by atoms with Crippen LogP contribution in [0.15, 0.2) is 119 Å². The molecule has 0 N–H and O–H groups in total. The standard InChI is InChI=1S/C44H52ClN3O/c1-30-15-20-35(21-16-30)46(4)29-33-17-25-39-42(27-33)49-43-28-37(47(5)36-22-18-34(45)19-23-36)24-26-40(43)44(39,38-13-9-7-11-31(38)2)48(6)41-14-10-8-12-32(41)3/h9,12-17,20,22,24-28,34-35H,7-8,10-11,18-19,21,23,29H2,1-6H3. The van der Waals surface area contributed by atoms with Gasteiger partial charge in [-0.15, -0.1) is 11.6 Å². The van der Waals surface area contributed by atoms with Gasteiger partial charge in [-0.3, -0.25) is 4.90 Å². The first-order valence-corrected chi connectivity index (χ1v) is 18.7. The molecule has 1 heterocycles. The lowest BCUT2D eigenvalue weighted by atomic mass is 9.69. The van der Waals surface area contributed by atoms with E-state index in [1.54, 1.807) is 0 Å². The van der Waals surface area contributed by atoms with E-state index >= 15 is 0 Å². The van der Waals surface area contributed by atoms with E-state index in [2.05, 4.69) is 142 Å². The number of benzene rings is 2. The topological polar surface area (TPSA) is 19.0 Å². The molecule has 0 saturated heterocycles. The highest BCUT2D eigenvalue weighted by atomic mass is 35.5. The van der Waals surface area contributed by atoms with Crippen molar-refractivity contribution in [2.45, 2.75) is 95.6 Å². The van der Waals surface area contributed by atoms with Gasteiger partial charge in [0.25, 0.3) is 0 Å². The number of hydrogen-bond acceptors (Lipinski definition) is 4. The van der Waals surface area contributed by atoms with Crippen molar-refractivity contribution in [3.8, 4) is 11.5 Å². The number of ether oxygens (including phenoxy) is 1. The number of likely N-dealkylation sites (N-methyl/N-ethyl adjacent to an activating group) is 2. The molecule has 4 nitrogen and oxygen atoms in total. The molecule has 4 aliphatic carbocycles. The molecule has 2 aromatic carbocycles. The number of nitrogens with zero attached hydrogens (tertiary/aromatic N) is 3. The molecule has 7 rings (SSSR count). The Labute approximate surface area is 299 Å². The fourth-order valence-corrected chi connectivity index (χ4v) is 8.73. The summed E-state index contributed by atoms with van der Waals surface area (Å²) in [6, 6.07) is 14.3. The molecule has 1 aliphatic heterocycles. The summed E-state index contributed by atoms with van der Waals surface area (Å²) >= 11 is 6.48. The summed E-state index contributed by atoms with van der Waals surface area (Å²) in [4.78, 5) is 7.34. The van der Waals surface area contributed by atoms with E-state index < -0.39 is 5.54 Å². The van der Waals surface area contributed by atoms with Crippen molar-refractivity contribution >= 4 is 17.3 Å². The summed E-state index contributed by atoms with van der Waals surface area (Å²) < 4.78 is 7.08. The predicted octanol–water partition coefficient (Wildman–Crippen LogP) is 11.1. The maximum absolute atomic E-state index is 7.08. The summed E-state index contributed by atoms with van der Waals surface area (Å²) in [7, 11) is 6.72. The van der Waals surface area contributed by atoms with Crippen LogP contribution in [0.1, 0.15) is 88.8 Å². The van der Waals surface area contributed by atoms with Gasteiger partial charge in [0.15, 0.2) is 0 Å². The highest BCUT2D eigenvalue weighted by molar-refractivity contribution is 6.20. The second kappa shape index (κ2) is 13.9. The first-order valence-electron chi connectivity index (χ1n) is 18.2. The summed E-state index contributed by atoms with van der Waals surface area (Å²) in [5.41, 5.74) is 12.3. The maximum Gasteiger partial charge on any atom is 0.135 e. The molecular weight excluding hydrogens is 622 g/mol. The van der Waals surface area contributed by atoms with Gasteiger partial charge in [-0.1, -0.05) is 78.0 Å². The van der Waals surface area contributed by atoms with Crippen LogP contribution in [0.25, 0.3) is 0 Å². The van der Waals surface area contributed by atoms with Crippen LogP contribution in [0.2, 0.25) is 0 Å². The number of allylic oxidation sites excluding steroid dienone is 9. The van der Waals surface area contributed by atoms with Crippen LogP contribution in [0.5, 0.6) is 11.5 Å². The van der Waals surface area contributed by atoms with E-state index in [1.165, 1.54) is 50.4 Å². The van der Waals surface area contributed by atoms with Crippen LogP contribution >= 0.6 is 11.6 Å². The van der Waals surface area contributed by atoms with Gasteiger partial charge in [-0.25, -0.2) is 0 Å². The third-order valence-electron chi connectivity index (χ3n) is 11.5. The summed E-state index contributed by atoms with van der Waals surface area (Å²) in [6.07, 6.45) is 27.1. The molecule has 0 spiro atoms. The Hall–Kier alpha value is -3.73. The van der Waals surface area contributed by atoms with Gasteiger partial charge in [0.05, 0.1) is 0 Å². The molecule has 0 saturated carbocycles. The van der Waals surface area contributed by atoms with E-state index in [9.17, 15) is 0 Å². The predicted molar refractivity (Wildman–Crippen MR) is 206 cm³/mol. The van der Waals surface area contributed by atoms with Crippen LogP contribution in [0.4, 0.5) is 5.69 Å². The van der Waals surface area contributed by atoms with Gasteiger partial charge in [-0.05, 0) is 108 Å². The van der Waals surface area contributed by atoms with E-state index in [-0.39, 0.29) is 5.38 Å². The molecule has 2 aromatic rings. The lowest BCUT2D eigenvalue weighted by molar-refractivity contribution is 0.231. The van der Waals surface area contributed by atoms with E-state index in [0.717, 1.165) is 75.1 Å². The molecule has 0 bridgehead atoms. The number of fused-ring (bicyclic) bond motifs is 2. The minimum absolute atomic E-state index is 0.228. The van der Waals surface area contributed by atoms with Crippen LogP contribution in [-0.4, -0.2) is 42.4 Å². The Bertz CT molecular complexity index is 1840. The van der Waals surface area contributed by atoms with Gasteiger partial charge in [0.2, 0.25) is 0 Å². The Balaban J connectivity index is 1.39. The van der Waals surface area contributed by atoms with Crippen LogP contribution in [-0.2, 0) is 12.1 Å². The number of halogens is 1. The van der Waals surface area contributed by atoms with E-state index in [0.29, 0.717) is 6.04 Å². The second-order valence-corrected chi connectivity index (χ2v) is 15.3. The molecule has 0 fully saturated rings. The number of hydrogen-bond donors (Lipinski definition) is 0. The highest BCUT2D eigenvalue weighted by Gasteiger charge is 2.50. The smallest absolute Gasteiger partial charge is 0.135 e. The van der Waals surface area contributed by atoms with Crippen molar-refractivity contribution in [3.63, 3.8) is 0 Å². The molecule has 3 unspecified atom stereocenters. The number of rotatable bonds is 8. The van der Waals surface area contributed by atoms with E-state index in [4.69, 9.17) is 16.3 Å². The molecule has 3 atom stereocenters. The quantitative estimate of drug-likeness (QED) is 0.260. The number of alkyl halides is 1. The zero-order valence-corrected chi connectivity index (χ0v) is 31.0. The van der Waals surface area contributed by atoms with Gasteiger partial charge >= 0.3 is 0 Å². The zero-order chi connectivity index (χ0) is 34.3. The molecular formula is C44H52ClN3O. The zero-order valence-electron chi connectivity index (χ0n) is 30.2. The summed E-state index contributed by atoms with van der Waals surface area (Å²) in [6.45, 7) is 7.63. The molecule has 5 aliphatic rings. The first kappa shape index (κ1) is 33.8. The Morgan fingerprint density at radius 2 is 1.61 bits per heavy atom. The maximum atomic E-state index is 7.08.